The minimum Gasteiger partial charge on any atom is -0.313 e. The summed E-state index contributed by atoms with van der Waals surface area (Å²) in [5.41, 5.74) is 0.964. The van der Waals surface area contributed by atoms with Crippen LogP contribution in [0.5, 0.6) is 0 Å². The molecule has 0 aliphatic heterocycles. The van der Waals surface area contributed by atoms with E-state index in [4.69, 9.17) is 0 Å². The molecule has 0 saturated heterocycles. The first kappa shape index (κ1) is 8.65. The fourth-order valence-corrected chi connectivity index (χ4v) is 1.18. The molecule has 1 saturated carbocycles. The van der Waals surface area contributed by atoms with Crippen LogP contribution in [0.4, 0.5) is 0 Å². The van der Waals surface area contributed by atoms with Gasteiger partial charge in [-0.15, -0.1) is 0 Å². The molecule has 1 aliphatic carbocycles. The zero-order valence-electron chi connectivity index (χ0n) is 7.58. The van der Waals surface area contributed by atoms with E-state index < -0.39 is 0 Å². The lowest BCUT2D eigenvalue weighted by atomic mass is 10.4. The molecule has 0 bridgehead atoms. The van der Waals surface area contributed by atoms with E-state index in [0.29, 0.717) is 0 Å². The lowest BCUT2D eigenvalue weighted by Crippen LogP contribution is -2.28. The summed E-state index contributed by atoms with van der Waals surface area (Å²) in [6, 6.07) is 0.800. The van der Waals surface area contributed by atoms with Crippen LogP contribution >= 0.6 is 0 Å². The molecule has 5 nitrogen and oxygen atoms in total. The molecule has 13 heavy (non-hydrogen) atoms. The van der Waals surface area contributed by atoms with Crippen LogP contribution in [0.2, 0.25) is 0 Å². The van der Waals surface area contributed by atoms with Crippen molar-refractivity contribution in [3.63, 3.8) is 0 Å². The first-order chi connectivity index (χ1) is 6.45. The van der Waals surface area contributed by atoms with Crippen LogP contribution in [0.15, 0.2) is 6.20 Å². The summed E-state index contributed by atoms with van der Waals surface area (Å²) in [5.74, 6) is 0. The molecule has 3 N–H and O–H groups in total. The highest BCUT2D eigenvalue weighted by atomic mass is 15.3. The zero-order valence-corrected chi connectivity index (χ0v) is 7.58. The van der Waals surface area contributed by atoms with Crippen molar-refractivity contribution in [2.75, 3.05) is 13.1 Å². The summed E-state index contributed by atoms with van der Waals surface area (Å²) >= 11 is 0. The molecule has 2 rings (SSSR count). The average Bonchev–Trinajstić information content (AvgIpc) is 2.81. The predicted molar refractivity (Wildman–Crippen MR) is 49.1 cm³/mol. The van der Waals surface area contributed by atoms with Crippen molar-refractivity contribution in [1.82, 2.24) is 26.0 Å². The van der Waals surface area contributed by atoms with Gasteiger partial charge in [-0.05, 0) is 12.8 Å². The molecule has 0 aromatic carbocycles. The molecule has 0 amide bonds. The van der Waals surface area contributed by atoms with Gasteiger partial charge in [-0.1, -0.05) is 0 Å². The Labute approximate surface area is 77.3 Å². The number of nitrogens with zero attached hydrogens (tertiary/aromatic N) is 2. The van der Waals surface area contributed by atoms with Gasteiger partial charge in [-0.2, -0.15) is 15.4 Å². The maximum absolute atomic E-state index is 3.94. The van der Waals surface area contributed by atoms with E-state index in [1.807, 2.05) is 0 Å². The fraction of sp³-hybridized carbons (Fsp3) is 0.750. The quantitative estimate of drug-likeness (QED) is 0.525. The average molecular weight is 181 g/mol. The Morgan fingerprint density at radius 2 is 2.38 bits per heavy atom. The molecule has 1 aromatic heterocycles. The van der Waals surface area contributed by atoms with Crippen molar-refractivity contribution in [3.05, 3.63) is 11.9 Å². The van der Waals surface area contributed by atoms with Gasteiger partial charge >= 0.3 is 0 Å². The molecule has 1 aromatic rings. The van der Waals surface area contributed by atoms with Gasteiger partial charge in [0, 0.05) is 25.7 Å². The highest BCUT2D eigenvalue weighted by Crippen LogP contribution is 2.17. The standard InChI is InChI=1S/C8H15N5/c1-2-7(1)10-4-3-9-5-8-6-11-13-12-8/h6-7,9-10H,1-5H2,(H,11,12,13). The van der Waals surface area contributed by atoms with Gasteiger partial charge < -0.3 is 10.6 Å². The SMILES string of the molecule is c1n[nH]nc1CNCCNC1CC1. The molecule has 0 radical (unpaired) electrons. The van der Waals surface area contributed by atoms with Crippen molar-refractivity contribution in [3.8, 4) is 0 Å². The van der Waals surface area contributed by atoms with Crippen molar-refractivity contribution in [2.24, 2.45) is 0 Å². The Balaban J connectivity index is 1.48. The van der Waals surface area contributed by atoms with Crippen LogP contribution in [-0.4, -0.2) is 34.5 Å². The van der Waals surface area contributed by atoms with E-state index in [9.17, 15) is 0 Å². The molecule has 72 valence electrons. The molecule has 0 unspecified atom stereocenters. The van der Waals surface area contributed by atoms with Crippen molar-refractivity contribution < 1.29 is 0 Å². The molecule has 0 atom stereocenters. The molecule has 5 heteroatoms. The molecule has 1 aliphatic rings. The van der Waals surface area contributed by atoms with Crippen LogP contribution < -0.4 is 10.6 Å². The van der Waals surface area contributed by atoms with Gasteiger partial charge in [0.1, 0.15) is 0 Å². The maximum atomic E-state index is 3.94. The maximum Gasteiger partial charge on any atom is 0.0962 e. The van der Waals surface area contributed by atoms with E-state index in [-0.39, 0.29) is 0 Å². The van der Waals surface area contributed by atoms with Crippen molar-refractivity contribution >= 4 is 0 Å². The highest BCUT2D eigenvalue weighted by molar-refractivity contribution is 4.89. The van der Waals surface area contributed by atoms with E-state index in [1.165, 1.54) is 12.8 Å². The van der Waals surface area contributed by atoms with E-state index in [0.717, 1.165) is 31.4 Å². The minimum absolute atomic E-state index is 0.794. The second kappa shape index (κ2) is 4.34. The largest absolute Gasteiger partial charge is 0.313 e. The summed E-state index contributed by atoms with van der Waals surface area (Å²) in [5, 5.41) is 17.0. The third-order valence-corrected chi connectivity index (χ3v) is 2.08. The third kappa shape index (κ3) is 3.12. The van der Waals surface area contributed by atoms with Crippen LogP contribution in [-0.2, 0) is 6.54 Å². The topological polar surface area (TPSA) is 65.6 Å². The second-order valence-electron chi connectivity index (χ2n) is 3.37. The Morgan fingerprint density at radius 1 is 1.46 bits per heavy atom. The summed E-state index contributed by atoms with van der Waals surface area (Å²) in [7, 11) is 0. The lowest BCUT2D eigenvalue weighted by molar-refractivity contribution is 0.603. The number of rotatable bonds is 6. The van der Waals surface area contributed by atoms with Gasteiger partial charge in [0.15, 0.2) is 0 Å². The zero-order chi connectivity index (χ0) is 8.93. The Kier molecular flexibility index (Phi) is 2.89. The van der Waals surface area contributed by atoms with Crippen LogP contribution in [0.1, 0.15) is 18.5 Å². The van der Waals surface area contributed by atoms with E-state index in [1.54, 1.807) is 6.20 Å². The lowest BCUT2D eigenvalue weighted by Gasteiger charge is -2.02. The minimum atomic E-state index is 0.794. The van der Waals surface area contributed by atoms with Gasteiger partial charge in [0.05, 0.1) is 11.9 Å². The molecular weight excluding hydrogens is 166 g/mol. The first-order valence-corrected chi connectivity index (χ1v) is 4.74. The number of H-pyrrole nitrogens is 1. The fourth-order valence-electron chi connectivity index (χ4n) is 1.18. The molecule has 1 heterocycles. The van der Waals surface area contributed by atoms with Crippen LogP contribution in [0, 0.1) is 0 Å². The number of aromatic nitrogens is 3. The molecule has 0 spiro atoms. The number of hydrogen-bond donors (Lipinski definition) is 3. The van der Waals surface area contributed by atoms with Gasteiger partial charge in [0.2, 0.25) is 0 Å². The summed E-state index contributed by atoms with van der Waals surface area (Å²) in [6.45, 7) is 2.83. The van der Waals surface area contributed by atoms with Crippen molar-refractivity contribution in [2.45, 2.75) is 25.4 Å². The Morgan fingerprint density at radius 3 is 3.08 bits per heavy atom. The van der Waals surface area contributed by atoms with Gasteiger partial charge in [-0.3, -0.25) is 0 Å². The highest BCUT2D eigenvalue weighted by Gasteiger charge is 2.19. The summed E-state index contributed by atoms with van der Waals surface area (Å²) < 4.78 is 0. The first-order valence-electron chi connectivity index (χ1n) is 4.74. The smallest absolute Gasteiger partial charge is 0.0962 e. The van der Waals surface area contributed by atoms with Crippen molar-refractivity contribution in [1.29, 1.82) is 0 Å². The van der Waals surface area contributed by atoms with E-state index in [2.05, 4.69) is 26.0 Å². The van der Waals surface area contributed by atoms with Gasteiger partial charge in [-0.25, -0.2) is 0 Å². The Hall–Kier alpha value is -0.940. The molecular formula is C8H15N5. The normalized spacial score (nSPS) is 16.3. The summed E-state index contributed by atoms with van der Waals surface area (Å²) in [4.78, 5) is 0. The number of nitrogens with one attached hydrogen (secondary N) is 3. The third-order valence-electron chi connectivity index (χ3n) is 2.08. The van der Waals surface area contributed by atoms with E-state index >= 15 is 0 Å². The number of hydrogen-bond acceptors (Lipinski definition) is 4. The summed E-state index contributed by atoms with van der Waals surface area (Å²) in [6.07, 6.45) is 4.44. The Bertz CT molecular complexity index is 229. The number of aromatic amines is 1. The van der Waals surface area contributed by atoms with Crippen LogP contribution in [0.3, 0.4) is 0 Å². The second-order valence-corrected chi connectivity index (χ2v) is 3.37. The van der Waals surface area contributed by atoms with Crippen LogP contribution in [0.25, 0.3) is 0 Å². The molecule has 1 fully saturated rings. The predicted octanol–water partition coefficient (Wildman–Crippen LogP) is -0.354. The monoisotopic (exact) mass is 181 g/mol. The van der Waals surface area contributed by atoms with Gasteiger partial charge in [0.25, 0.3) is 0 Å².